The molecule has 0 radical (unpaired) electrons. The molecule has 118 valence electrons. The van der Waals surface area contributed by atoms with Crippen LogP contribution in [0.2, 0.25) is 0 Å². The number of aliphatic hydroxyl groups excluding tert-OH is 1. The molecule has 0 saturated carbocycles. The Morgan fingerprint density at radius 2 is 1.74 bits per heavy atom. The molecular weight excluding hydrogens is 286 g/mol. The number of aryl methyl sites for hydroxylation is 2. The van der Waals surface area contributed by atoms with Crippen LogP contribution in [0, 0.1) is 13.8 Å². The summed E-state index contributed by atoms with van der Waals surface area (Å²) in [5.41, 5.74) is 6.33. The fourth-order valence-electron chi connectivity index (χ4n) is 2.77. The van der Waals surface area contributed by atoms with Gasteiger partial charge in [-0.3, -0.25) is 0 Å². The second kappa shape index (κ2) is 6.75. The van der Waals surface area contributed by atoms with Crippen LogP contribution in [0.15, 0.2) is 48.5 Å². The summed E-state index contributed by atoms with van der Waals surface area (Å²) in [5.74, 6) is 0. The SMILES string of the molecule is Cc1cccc(-n2nnc(CO)c2CCc2ccccc2)c1C. The molecule has 1 N–H and O–H groups in total. The second-order valence-electron chi connectivity index (χ2n) is 5.76. The molecule has 0 bridgehead atoms. The number of hydrogen-bond acceptors (Lipinski definition) is 3. The van der Waals surface area contributed by atoms with Crippen molar-refractivity contribution in [2.45, 2.75) is 33.3 Å². The van der Waals surface area contributed by atoms with Gasteiger partial charge in [0, 0.05) is 0 Å². The fraction of sp³-hybridized carbons (Fsp3) is 0.263. The molecule has 0 saturated heterocycles. The summed E-state index contributed by atoms with van der Waals surface area (Å²) in [4.78, 5) is 0. The molecule has 0 fully saturated rings. The Morgan fingerprint density at radius 1 is 0.957 bits per heavy atom. The van der Waals surface area contributed by atoms with E-state index >= 15 is 0 Å². The van der Waals surface area contributed by atoms with Crippen LogP contribution < -0.4 is 0 Å². The maximum absolute atomic E-state index is 9.58. The van der Waals surface area contributed by atoms with Crippen molar-refractivity contribution in [3.05, 3.63) is 76.6 Å². The van der Waals surface area contributed by atoms with E-state index in [-0.39, 0.29) is 6.61 Å². The van der Waals surface area contributed by atoms with Crippen molar-refractivity contribution < 1.29 is 5.11 Å². The van der Waals surface area contributed by atoms with E-state index in [1.54, 1.807) is 0 Å². The van der Waals surface area contributed by atoms with Crippen LogP contribution in [-0.4, -0.2) is 20.1 Å². The first-order chi connectivity index (χ1) is 11.2. The van der Waals surface area contributed by atoms with Gasteiger partial charge in [0.15, 0.2) is 0 Å². The van der Waals surface area contributed by atoms with E-state index in [0.29, 0.717) is 5.69 Å². The van der Waals surface area contributed by atoms with Crippen molar-refractivity contribution in [1.29, 1.82) is 0 Å². The predicted octanol–water partition coefficient (Wildman–Crippen LogP) is 3.16. The number of benzene rings is 2. The third-order valence-electron chi connectivity index (χ3n) is 4.29. The molecule has 1 heterocycles. The molecule has 3 aromatic rings. The smallest absolute Gasteiger partial charge is 0.112 e. The first kappa shape index (κ1) is 15.4. The van der Waals surface area contributed by atoms with E-state index in [0.717, 1.165) is 24.2 Å². The van der Waals surface area contributed by atoms with Gasteiger partial charge in [0.2, 0.25) is 0 Å². The largest absolute Gasteiger partial charge is 0.390 e. The van der Waals surface area contributed by atoms with Crippen LogP contribution in [0.5, 0.6) is 0 Å². The van der Waals surface area contributed by atoms with Crippen LogP contribution >= 0.6 is 0 Å². The van der Waals surface area contributed by atoms with Gasteiger partial charge in [-0.05, 0) is 49.4 Å². The summed E-state index contributed by atoms with van der Waals surface area (Å²) in [6.07, 6.45) is 1.69. The van der Waals surface area contributed by atoms with Gasteiger partial charge >= 0.3 is 0 Å². The normalized spacial score (nSPS) is 10.9. The van der Waals surface area contributed by atoms with Crippen LogP contribution in [-0.2, 0) is 19.4 Å². The lowest BCUT2D eigenvalue weighted by atomic mass is 10.1. The molecule has 0 unspecified atom stereocenters. The predicted molar refractivity (Wildman–Crippen MR) is 90.6 cm³/mol. The van der Waals surface area contributed by atoms with Gasteiger partial charge in [-0.2, -0.15) is 0 Å². The van der Waals surface area contributed by atoms with Crippen LogP contribution in [0.4, 0.5) is 0 Å². The van der Waals surface area contributed by atoms with Crippen molar-refractivity contribution >= 4 is 0 Å². The molecule has 1 aromatic heterocycles. The van der Waals surface area contributed by atoms with Gasteiger partial charge in [-0.25, -0.2) is 4.68 Å². The van der Waals surface area contributed by atoms with Gasteiger partial charge in [0.05, 0.1) is 18.0 Å². The molecule has 23 heavy (non-hydrogen) atoms. The molecule has 3 rings (SSSR count). The molecule has 0 aliphatic rings. The summed E-state index contributed by atoms with van der Waals surface area (Å²) in [6, 6.07) is 16.5. The highest BCUT2D eigenvalue weighted by Gasteiger charge is 2.15. The lowest BCUT2D eigenvalue weighted by molar-refractivity contribution is 0.275. The van der Waals surface area contributed by atoms with Gasteiger partial charge in [-0.1, -0.05) is 47.7 Å². The molecule has 0 spiro atoms. The van der Waals surface area contributed by atoms with E-state index in [1.165, 1.54) is 16.7 Å². The summed E-state index contributed by atoms with van der Waals surface area (Å²) in [7, 11) is 0. The minimum Gasteiger partial charge on any atom is -0.390 e. The Labute approximate surface area is 136 Å². The molecular formula is C19H21N3O. The number of aromatic nitrogens is 3. The van der Waals surface area contributed by atoms with Crippen LogP contribution in [0.25, 0.3) is 5.69 Å². The van der Waals surface area contributed by atoms with Gasteiger partial charge < -0.3 is 5.11 Å². The number of aliphatic hydroxyl groups is 1. The summed E-state index contributed by atoms with van der Waals surface area (Å²) in [5, 5.41) is 18.0. The van der Waals surface area contributed by atoms with Crippen LogP contribution in [0.1, 0.15) is 28.1 Å². The van der Waals surface area contributed by atoms with E-state index in [9.17, 15) is 5.11 Å². The summed E-state index contributed by atoms with van der Waals surface area (Å²) >= 11 is 0. The zero-order chi connectivity index (χ0) is 16.2. The standard InChI is InChI=1S/C19H21N3O/c1-14-7-6-10-18(15(14)2)22-19(17(13-23)20-21-22)12-11-16-8-4-3-5-9-16/h3-10,23H,11-13H2,1-2H3. The van der Waals surface area contributed by atoms with Crippen LogP contribution in [0.3, 0.4) is 0 Å². The lowest BCUT2D eigenvalue weighted by Crippen LogP contribution is -2.07. The average molecular weight is 307 g/mol. The maximum Gasteiger partial charge on any atom is 0.112 e. The second-order valence-corrected chi connectivity index (χ2v) is 5.76. The molecule has 0 aliphatic carbocycles. The fourth-order valence-corrected chi connectivity index (χ4v) is 2.77. The Morgan fingerprint density at radius 3 is 2.48 bits per heavy atom. The first-order valence-electron chi connectivity index (χ1n) is 7.85. The number of nitrogens with zero attached hydrogens (tertiary/aromatic N) is 3. The van der Waals surface area contributed by atoms with Gasteiger partial charge in [0.25, 0.3) is 0 Å². The Kier molecular flexibility index (Phi) is 4.53. The highest BCUT2D eigenvalue weighted by Crippen LogP contribution is 2.21. The van der Waals surface area contributed by atoms with Crippen molar-refractivity contribution in [3.8, 4) is 5.69 Å². The highest BCUT2D eigenvalue weighted by molar-refractivity contribution is 5.45. The third kappa shape index (κ3) is 3.17. The van der Waals surface area contributed by atoms with Crippen molar-refractivity contribution in [1.82, 2.24) is 15.0 Å². The van der Waals surface area contributed by atoms with E-state index in [4.69, 9.17) is 0 Å². The summed E-state index contributed by atoms with van der Waals surface area (Å²) in [6.45, 7) is 4.09. The van der Waals surface area contributed by atoms with Crippen molar-refractivity contribution in [2.75, 3.05) is 0 Å². The number of rotatable bonds is 5. The zero-order valence-corrected chi connectivity index (χ0v) is 13.5. The Hall–Kier alpha value is -2.46. The molecule has 2 aromatic carbocycles. The molecule has 0 aliphatic heterocycles. The monoisotopic (exact) mass is 307 g/mol. The minimum atomic E-state index is -0.0883. The summed E-state index contributed by atoms with van der Waals surface area (Å²) < 4.78 is 1.87. The Balaban J connectivity index is 1.96. The van der Waals surface area contributed by atoms with E-state index in [1.807, 2.05) is 35.0 Å². The molecule has 0 atom stereocenters. The van der Waals surface area contributed by atoms with Crippen molar-refractivity contribution in [3.63, 3.8) is 0 Å². The van der Waals surface area contributed by atoms with Gasteiger partial charge in [-0.15, -0.1) is 5.10 Å². The van der Waals surface area contributed by atoms with Gasteiger partial charge in [0.1, 0.15) is 5.69 Å². The maximum atomic E-state index is 9.58. The third-order valence-corrected chi connectivity index (χ3v) is 4.29. The lowest BCUT2D eigenvalue weighted by Gasteiger charge is -2.12. The molecule has 4 nitrogen and oxygen atoms in total. The average Bonchev–Trinajstić information content (AvgIpc) is 2.99. The molecule has 4 heteroatoms. The minimum absolute atomic E-state index is 0.0883. The Bertz CT molecular complexity index is 794. The first-order valence-corrected chi connectivity index (χ1v) is 7.85. The zero-order valence-electron chi connectivity index (χ0n) is 13.5. The number of hydrogen-bond donors (Lipinski definition) is 1. The van der Waals surface area contributed by atoms with Crippen molar-refractivity contribution in [2.24, 2.45) is 0 Å². The quantitative estimate of drug-likeness (QED) is 0.787. The van der Waals surface area contributed by atoms with E-state index < -0.39 is 0 Å². The topological polar surface area (TPSA) is 50.9 Å². The molecule has 0 amide bonds. The highest BCUT2D eigenvalue weighted by atomic mass is 16.3. The van der Waals surface area contributed by atoms with E-state index in [2.05, 4.69) is 42.4 Å².